The van der Waals surface area contributed by atoms with E-state index in [-0.39, 0.29) is 18.1 Å². The van der Waals surface area contributed by atoms with E-state index in [1.807, 2.05) is 54.6 Å². The zero-order chi connectivity index (χ0) is 32.6. The van der Waals surface area contributed by atoms with E-state index in [9.17, 15) is 9.90 Å². The van der Waals surface area contributed by atoms with E-state index in [1.165, 1.54) is 30.9 Å². The second kappa shape index (κ2) is 14.6. The number of hydrogen-bond acceptors (Lipinski definition) is 7. The van der Waals surface area contributed by atoms with Gasteiger partial charge in [-0.2, -0.15) is 5.10 Å². The third kappa shape index (κ3) is 7.83. The summed E-state index contributed by atoms with van der Waals surface area (Å²) in [5, 5.41) is 23.5. The van der Waals surface area contributed by atoms with Crippen LogP contribution in [0.15, 0.2) is 85.2 Å². The minimum Gasteiger partial charge on any atom is -0.502 e. The van der Waals surface area contributed by atoms with Crippen LogP contribution in [-0.4, -0.2) is 40.0 Å². The number of aromatic nitrogens is 3. The highest BCUT2D eigenvalue weighted by Gasteiger charge is 2.11. The van der Waals surface area contributed by atoms with Crippen molar-refractivity contribution >= 4 is 35.6 Å². The van der Waals surface area contributed by atoms with Gasteiger partial charge in [0.2, 0.25) is 11.7 Å². The molecule has 0 spiro atoms. The summed E-state index contributed by atoms with van der Waals surface area (Å²) in [6, 6.07) is 23.5. The number of anilines is 2. The molecule has 5 rings (SSSR count). The topological polar surface area (TPSA) is 113 Å². The number of nitrogens with one attached hydrogen (secondary N) is 3. The Bertz CT molecular complexity index is 1890. The Morgan fingerprint density at radius 3 is 2.28 bits per heavy atom. The number of phenolic OH excluding ortho intramolecular Hbond substituents is 1. The smallest absolute Gasteiger partial charge is 0.228 e. The van der Waals surface area contributed by atoms with E-state index in [0.717, 1.165) is 28.1 Å². The normalized spacial score (nSPS) is 11.0. The quantitative estimate of drug-likeness (QED) is 0.106. The fraction of sp³-hybridized carbons (Fsp3) is 0.194. The molecule has 0 atom stereocenters. The maximum absolute atomic E-state index is 12.7. The number of ether oxygens (including phenoxy) is 2. The number of nitrogens with zero attached hydrogens (tertiary/aromatic N) is 2. The summed E-state index contributed by atoms with van der Waals surface area (Å²) < 4.78 is 12.8. The Morgan fingerprint density at radius 2 is 1.65 bits per heavy atom. The van der Waals surface area contributed by atoms with Gasteiger partial charge in [-0.1, -0.05) is 54.1 Å². The van der Waals surface area contributed by atoms with Gasteiger partial charge < -0.3 is 25.2 Å². The van der Waals surface area contributed by atoms with Gasteiger partial charge >= 0.3 is 0 Å². The van der Waals surface area contributed by atoms with Crippen molar-refractivity contribution in [1.82, 2.24) is 14.8 Å². The van der Waals surface area contributed by atoms with Gasteiger partial charge in [-0.3, -0.25) is 14.5 Å². The molecule has 0 aliphatic rings. The Hall–Kier alpha value is -5.35. The molecule has 0 aliphatic carbocycles. The van der Waals surface area contributed by atoms with Crippen LogP contribution in [0.2, 0.25) is 0 Å². The second-order valence-electron chi connectivity index (χ2n) is 11.0. The van der Waals surface area contributed by atoms with E-state index >= 15 is 0 Å². The van der Waals surface area contributed by atoms with Crippen molar-refractivity contribution in [3.8, 4) is 22.9 Å². The molecule has 0 saturated carbocycles. The van der Waals surface area contributed by atoms with Crippen molar-refractivity contribution in [2.75, 3.05) is 24.9 Å². The highest BCUT2D eigenvalue weighted by atomic mass is 32.1. The second-order valence-corrected chi connectivity index (χ2v) is 11.4. The minimum absolute atomic E-state index is 0.0151. The molecule has 0 saturated heterocycles. The number of aryl methyl sites for hydroxylation is 2. The molecule has 10 heteroatoms. The Morgan fingerprint density at radius 1 is 0.978 bits per heavy atom. The molecule has 1 amide bonds. The zero-order valence-electron chi connectivity index (χ0n) is 26.3. The maximum atomic E-state index is 12.7. The van der Waals surface area contributed by atoms with Crippen molar-refractivity contribution in [3.63, 3.8) is 0 Å². The van der Waals surface area contributed by atoms with Crippen molar-refractivity contribution in [2.24, 2.45) is 0 Å². The largest absolute Gasteiger partial charge is 0.502 e. The number of H-pyrrole nitrogens is 1. The molecule has 236 valence electrons. The van der Waals surface area contributed by atoms with Crippen LogP contribution in [0.4, 0.5) is 11.4 Å². The SMILES string of the molecule is COc1cc(C=CCc2cc(C)cc(C)c2NCc2ccc(CC(=O)Nc3ccc(-n4cn[nH]c4=S)cc3)cc2)cc(OC)c1O. The summed E-state index contributed by atoms with van der Waals surface area (Å²) in [4.78, 5) is 12.7. The Kier molecular flexibility index (Phi) is 10.2. The number of amides is 1. The summed E-state index contributed by atoms with van der Waals surface area (Å²) in [7, 11) is 3.03. The predicted molar refractivity (Wildman–Crippen MR) is 185 cm³/mol. The van der Waals surface area contributed by atoms with Crippen molar-refractivity contribution < 1.29 is 19.4 Å². The molecule has 0 bridgehead atoms. The molecule has 0 aliphatic heterocycles. The first-order valence-corrected chi connectivity index (χ1v) is 15.2. The first-order chi connectivity index (χ1) is 22.2. The summed E-state index contributed by atoms with van der Waals surface area (Å²) in [5.41, 5.74) is 9.14. The lowest BCUT2D eigenvalue weighted by molar-refractivity contribution is -0.115. The molecular formula is C36H37N5O4S. The fourth-order valence-corrected chi connectivity index (χ4v) is 5.50. The van der Waals surface area contributed by atoms with Gasteiger partial charge in [0.1, 0.15) is 6.33 Å². The summed E-state index contributed by atoms with van der Waals surface area (Å²) in [5.74, 6) is 0.624. The van der Waals surface area contributed by atoms with E-state index < -0.39 is 0 Å². The molecular weight excluding hydrogens is 598 g/mol. The highest BCUT2D eigenvalue weighted by molar-refractivity contribution is 7.71. The van der Waals surface area contributed by atoms with Crippen molar-refractivity contribution in [2.45, 2.75) is 33.2 Å². The van der Waals surface area contributed by atoms with Gasteiger partial charge in [0.25, 0.3) is 0 Å². The molecule has 1 heterocycles. The number of aromatic hydroxyl groups is 1. The Balaban J connectivity index is 1.19. The highest BCUT2D eigenvalue weighted by Crippen LogP contribution is 2.37. The van der Waals surface area contributed by atoms with Gasteiger partial charge in [-0.15, -0.1) is 0 Å². The number of carbonyl (C=O) groups excluding carboxylic acids is 1. The first kappa shape index (κ1) is 32.1. The number of phenols is 1. The van der Waals surface area contributed by atoms with Crippen LogP contribution in [-0.2, 0) is 24.2 Å². The maximum Gasteiger partial charge on any atom is 0.228 e. The van der Waals surface area contributed by atoms with Gasteiger partial charge in [-0.05, 0) is 96.7 Å². The number of aromatic amines is 1. The van der Waals surface area contributed by atoms with Crippen LogP contribution in [0, 0.1) is 18.6 Å². The van der Waals surface area contributed by atoms with Gasteiger partial charge in [-0.25, -0.2) is 0 Å². The molecule has 4 N–H and O–H groups in total. The summed E-state index contributed by atoms with van der Waals surface area (Å²) >= 11 is 5.21. The van der Waals surface area contributed by atoms with Crippen LogP contribution in [0.5, 0.6) is 17.2 Å². The van der Waals surface area contributed by atoms with E-state index in [1.54, 1.807) is 23.0 Å². The van der Waals surface area contributed by atoms with Gasteiger partial charge in [0.15, 0.2) is 16.3 Å². The van der Waals surface area contributed by atoms with Gasteiger partial charge in [0, 0.05) is 23.6 Å². The minimum atomic E-state index is -0.0873. The van der Waals surface area contributed by atoms with Crippen molar-refractivity contribution in [1.29, 1.82) is 0 Å². The van der Waals surface area contributed by atoms with Crippen LogP contribution in [0.1, 0.15) is 33.4 Å². The molecule has 46 heavy (non-hydrogen) atoms. The van der Waals surface area contributed by atoms with E-state index in [4.69, 9.17) is 21.7 Å². The number of hydrogen-bond donors (Lipinski definition) is 4. The number of methoxy groups -OCH3 is 2. The Labute approximate surface area is 273 Å². The number of benzene rings is 4. The number of allylic oxidation sites excluding steroid dienone is 1. The van der Waals surface area contributed by atoms with Crippen LogP contribution in [0.25, 0.3) is 11.8 Å². The lowest BCUT2D eigenvalue weighted by atomic mass is 10.0. The molecule has 0 fully saturated rings. The zero-order valence-corrected chi connectivity index (χ0v) is 27.1. The van der Waals surface area contributed by atoms with Gasteiger partial charge in [0.05, 0.1) is 20.6 Å². The van der Waals surface area contributed by atoms with Crippen LogP contribution in [0.3, 0.4) is 0 Å². The molecule has 0 radical (unpaired) electrons. The van der Waals surface area contributed by atoms with E-state index in [0.29, 0.717) is 34.9 Å². The third-order valence-corrected chi connectivity index (χ3v) is 7.84. The molecule has 9 nitrogen and oxygen atoms in total. The molecule has 1 aromatic heterocycles. The fourth-order valence-electron chi connectivity index (χ4n) is 5.29. The third-order valence-electron chi connectivity index (χ3n) is 7.55. The first-order valence-electron chi connectivity index (χ1n) is 14.8. The standard InChI is InChI=1S/C36H37N5O4S/c1-23-16-24(2)34(28(17-23)7-5-6-27-18-31(44-3)35(43)32(19-27)45-4)37-21-26-10-8-25(9-11-26)20-33(42)39-29-12-14-30(15-13-29)41-22-38-40-36(41)46/h5-6,8-19,22,37,43H,7,20-21H2,1-4H3,(H,39,42)(H,40,46). The average molecular weight is 636 g/mol. The number of carbonyl (C=O) groups is 1. The lowest BCUT2D eigenvalue weighted by Gasteiger charge is -2.16. The monoisotopic (exact) mass is 635 g/mol. The number of rotatable bonds is 12. The van der Waals surface area contributed by atoms with Crippen molar-refractivity contribution in [3.05, 3.63) is 123 Å². The molecule has 4 aromatic carbocycles. The van der Waals surface area contributed by atoms with Crippen LogP contribution >= 0.6 is 12.2 Å². The van der Waals surface area contributed by atoms with Crippen LogP contribution < -0.4 is 20.1 Å². The molecule has 0 unspecified atom stereocenters. The average Bonchev–Trinajstić information content (AvgIpc) is 3.47. The predicted octanol–water partition coefficient (Wildman–Crippen LogP) is 7.32. The lowest BCUT2D eigenvalue weighted by Crippen LogP contribution is -2.14. The van der Waals surface area contributed by atoms with E-state index in [2.05, 4.69) is 52.9 Å². The summed E-state index contributed by atoms with van der Waals surface area (Å²) in [6.45, 7) is 4.85. The molecule has 5 aromatic rings. The summed E-state index contributed by atoms with van der Waals surface area (Å²) in [6.07, 6.45) is 6.69.